The molecular formula is C24H17N3O3S. The van der Waals surface area contributed by atoms with E-state index in [2.05, 4.69) is 10.8 Å². The van der Waals surface area contributed by atoms with Gasteiger partial charge in [-0.1, -0.05) is 54.6 Å². The Kier molecular flexibility index (Phi) is 5.39. The van der Waals surface area contributed by atoms with Crippen molar-refractivity contribution < 1.29 is 8.42 Å². The molecule has 1 N–H and O–H groups in total. The topological polar surface area (TPSA) is 92.0 Å². The van der Waals surface area contributed by atoms with Gasteiger partial charge in [-0.25, -0.2) is 8.42 Å². The molecule has 0 atom stereocenters. The molecule has 0 saturated heterocycles. The van der Waals surface area contributed by atoms with E-state index in [-0.39, 0.29) is 21.7 Å². The smallest absolute Gasteiger partial charge is 0.265 e. The van der Waals surface area contributed by atoms with Crippen molar-refractivity contribution in [1.82, 2.24) is 4.57 Å². The lowest BCUT2D eigenvalue weighted by molar-refractivity contribution is 0.601. The van der Waals surface area contributed by atoms with Gasteiger partial charge in [0.15, 0.2) is 0 Å². The molecule has 152 valence electrons. The summed E-state index contributed by atoms with van der Waals surface area (Å²) in [6, 6.07) is 27.1. The molecule has 0 bridgehead atoms. The molecule has 6 nitrogen and oxygen atoms in total. The minimum absolute atomic E-state index is 0.0711. The number of hydrogen-bond acceptors (Lipinski definition) is 4. The molecule has 0 aliphatic heterocycles. The molecule has 4 rings (SSSR count). The summed E-state index contributed by atoms with van der Waals surface area (Å²) in [5.41, 5.74) is 1.01. The van der Waals surface area contributed by atoms with Crippen LogP contribution in [0.4, 0.5) is 5.69 Å². The summed E-state index contributed by atoms with van der Waals surface area (Å²) in [5.74, 6) is 0. The predicted molar refractivity (Wildman–Crippen MR) is 119 cm³/mol. The molecule has 0 aliphatic carbocycles. The SMILES string of the molecule is N#Cc1ccccc1-c1c(NS(=O)(=O)c2ccccc2)ccn(-c2ccccc2)c1=O. The summed E-state index contributed by atoms with van der Waals surface area (Å²) in [6.07, 6.45) is 1.51. The first-order valence-corrected chi connectivity index (χ1v) is 10.9. The van der Waals surface area contributed by atoms with E-state index in [9.17, 15) is 18.5 Å². The van der Waals surface area contributed by atoms with Crippen molar-refractivity contribution in [3.63, 3.8) is 0 Å². The molecule has 0 spiro atoms. The molecule has 0 amide bonds. The second-order valence-electron chi connectivity index (χ2n) is 6.69. The molecule has 0 aliphatic rings. The Morgan fingerprint density at radius 3 is 2.10 bits per heavy atom. The molecule has 0 radical (unpaired) electrons. The number of sulfonamides is 1. The van der Waals surface area contributed by atoms with Crippen LogP contribution in [0.25, 0.3) is 16.8 Å². The third-order valence-electron chi connectivity index (χ3n) is 4.74. The zero-order valence-corrected chi connectivity index (χ0v) is 17.1. The van der Waals surface area contributed by atoms with Gasteiger partial charge in [-0.15, -0.1) is 0 Å². The number of aromatic nitrogens is 1. The van der Waals surface area contributed by atoms with Gasteiger partial charge in [0, 0.05) is 17.4 Å². The third-order valence-corrected chi connectivity index (χ3v) is 6.12. The van der Waals surface area contributed by atoms with Gasteiger partial charge in [0.2, 0.25) is 0 Å². The molecule has 3 aromatic carbocycles. The number of nitrogens with one attached hydrogen (secondary N) is 1. The lowest BCUT2D eigenvalue weighted by Gasteiger charge is -2.16. The van der Waals surface area contributed by atoms with Crippen LogP contribution in [0.5, 0.6) is 0 Å². The highest BCUT2D eigenvalue weighted by Crippen LogP contribution is 2.29. The average molecular weight is 427 g/mol. The van der Waals surface area contributed by atoms with Crippen LogP contribution in [-0.4, -0.2) is 13.0 Å². The van der Waals surface area contributed by atoms with Gasteiger partial charge in [0.05, 0.1) is 27.8 Å². The van der Waals surface area contributed by atoms with E-state index in [4.69, 9.17) is 0 Å². The number of benzene rings is 3. The van der Waals surface area contributed by atoms with Crippen LogP contribution in [0.2, 0.25) is 0 Å². The van der Waals surface area contributed by atoms with Crippen LogP contribution < -0.4 is 10.3 Å². The second-order valence-corrected chi connectivity index (χ2v) is 8.37. The molecular weight excluding hydrogens is 410 g/mol. The van der Waals surface area contributed by atoms with Gasteiger partial charge in [-0.05, 0) is 36.4 Å². The van der Waals surface area contributed by atoms with Gasteiger partial charge in [0.25, 0.3) is 15.6 Å². The van der Waals surface area contributed by atoms with Crippen LogP contribution in [0, 0.1) is 11.3 Å². The molecule has 1 heterocycles. The largest absolute Gasteiger partial charge is 0.284 e. The van der Waals surface area contributed by atoms with Crippen molar-refractivity contribution in [2.45, 2.75) is 4.90 Å². The highest BCUT2D eigenvalue weighted by molar-refractivity contribution is 7.92. The van der Waals surface area contributed by atoms with Crippen LogP contribution in [0.3, 0.4) is 0 Å². The van der Waals surface area contributed by atoms with Crippen LogP contribution >= 0.6 is 0 Å². The first-order valence-electron chi connectivity index (χ1n) is 9.40. The molecule has 1 aromatic heterocycles. The Morgan fingerprint density at radius 1 is 0.806 bits per heavy atom. The van der Waals surface area contributed by atoms with Crippen molar-refractivity contribution in [2.24, 2.45) is 0 Å². The Hall–Kier alpha value is -4.15. The number of nitriles is 1. The normalized spacial score (nSPS) is 10.9. The fourth-order valence-electron chi connectivity index (χ4n) is 3.27. The summed E-state index contributed by atoms with van der Waals surface area (Å²) in [5, 5.41) is 9.56. The van der Waals surface area contributed by atoms with Crippen LogP contribution in [0.15, 0.2) is 107 Å². The van der Waals surface area contributed by atoms with Crippen molar-refractivity contribution in [3.05, 3.63) is 113 Å². The number of pyridine rings is 1. The lowest BCUT2D eigenvalue weighted by atomic mass is 10.00. The Labute approximate surface area is 179 Å². The van der Waals surface area contributed by atoms with Crippen molar-refractivity contribution in [3.8, 4) is 22.9 Å². The van der Waals surface area contributed by atoms with E-state index in [0.717, 1.165) is 0 Å². The van der Waals surface area contributed by atoms with E-state index >= 15 is 0 Å². The number of rotatable bonds is 5. The van der Waals surface area contributed by atoms with E-state index in [1.165, 1.54) is 29.0 Å². The van der Waals surface area contributed by atoms with Gasteiger partial charge in [0.1, 0.15) is 0 Å². The summed E-state index contributed by atoms with van der Waals surface area (Å²) < 4.78 is 29.8. The standard InChI is InChI=1S/C24H17N3O3S/c25-17-18-9-7-8-14-21(18)23-22(26-31(29,30)20-12-5-2-6-13-20)15-16-27(24(23)28)19-10-3-1-4-11-19/h1-16,26H. The van der Waals surface area contributed by atoms with E-state index in [1.54, 1.807) is 66.7 Å². The fraction of sp³-hybridized carbons (Fsp3) is 0. The first-order chi connectivity index (χ1) is 15.0. The van der Waals surface area contributed by atoms with Gasteiger partial charge >= 0.3 is 0 Å². The maximum absolute atomic E-state index is 13.5. The minimum atomic E-state index is -3.94. The molecule has 0 unspecified atom stereocenters. The highest BCUT2D eigenvalue weighted by atomic mass is 32.2. The van der Waals surface area contributed by atoms with Crippen LogP contribution in [0.1, 0.15) is 5.56 Å². The molecule has 7 heteroatoms. The maximum atomic E-state index is 13.5. The van der Waals surface area contributed by atoms with Gasteiger partial charge < -0.3 is 0 Å². The molecule has 0 saturated carbocycles. The number of nitrogens with zero attached hydrogens (tertiary/aromatic N) is 2. The van der Waals surface area contributed by atoms with Crippen molar-refractivity contribution in [1.29, 1.82) is 5.26 Å². The lowest BCUT2D eigenvalue weighted by Crippen LogP contribution is -2.23. The van der Waals surface area contributed by atoms with Gasteiger partial charge in [-0.3, -0.25) is 14.1 Å². The van der Waals surface area contributed by atoms with E-state index in [1.807, 2.05) is 6.07 Å². The number of hydrogen-bond donors (Lipinski definition) is 1. The second kappa shape index (κ2) is 8.30. The van der Waals surface area contributed by atoms with E-state index in [0.29, 0.717) is 11.3 Å². The highest BCUT2D eigenvalue weighted by Gasteiger charge is 2.21. The zero-order valence-electron chi connectivity index (χ0n) is 16.3. The van der Waals surface area contributed by atoms with Gasteiger partial charge in [-0.2, -0.15) is 5.26 Å². The molecule has 31 heavy (non-hydrogen) atoms. The van der Waals surface area contributed by atoms with Crippen molar-refractivity contribution in [2.75, 3.05) is 4.72 Å². The first kappa shape index (κ1) is 20.1. The molecule has 0 fully saturated rings. The average Bonchev–Trinajstić information content (AvgIpc) is 2.80. The summed E-state index contributed by atoms with van der Waals surface area (Å²) in [4.78, 5) is 13.6. The van der Waals surface area contributed by atoms with Crippen LogP contribution in [-0.2, 0) is 10.0 Å². The Balaban J connectivity index is 1.95. The van der Waals surface area contributed by atoms with E-state index < -0.39 is 15.6 Å². The predicted octanol–water partition coefficient (Wildman–Crippen LogP) is 4.18. The maximum Gasteiger partial charge on any atom is 0.265 e. The third kappa shape index (κ3) is 3.97. The minimum Gasteiger partial charge on any atom is -0.284 e. The monoisotopic (exact) mass is 427 g/mol. The summed E-state index contributed by atoms with van der Waals surface area (Å²) in [7, 11) is -3.94. The Bertz CT molecular complexity index is 1440. The Morgan fingerprint density at radius 2 is 1.42 bits per heavy atom. The van der Waals surface area contributed by atoms with Crippen molar-refractivity contribution >= 4 is 15.7 Å². The number of para-hydroxylation sites is 1. The summed E-state index contributed by atoms with van der Waals surface area (Å²) in [6.45, 7) is 0. The number of anilines is 1. The zero-order chi connectivity index (χ0) is 21.8. The molecule has 4 aromatic rings. The quantitative estimate of drug-likeness (QED) is 0.517. The fourth-order valence-corrected chi connectivity index (χ4v) is 4.37. The summed E-state index contributed by atoms with van der Waals surface area (Å²) >= 11 is 0.